The van der Waals surface area contributed by atoms with Crippen LogP contribution < -0.4 is 15.4 Å². The van der Waals surface area contributed by atoms with E-state index in [0.29, 0.717) is 25.5 Å². The Hall–Kier alpha value is -2.71. The Balaban J connectivity index is 1.88. The minimum Gasteiger partial charge on any atom is -0.489 e. The number of nitrogens with one attached hydrogen (secondary N) is 3. The highest BCUT2D eigenvalue weighted by molar-refractivity contribution is 5.79. The Morgan fingerprint density at radius 1 is 1.31 bits per heavy atom. The second-order valence-electron chi connectivity index (χ2n) is 5.56. The number of aliphatic imine (C=N–C) groups is 1. The van der Waals surface area contributed by atoms with Crippen LogP contribution in [0.15, 0.2) is 41.5 Å². The van der Waals surface area contributed by atoms with Crippen molar-refractivity contribution in [1.29, 1.82) is 0 Å². The molecule has 3 N–H and O–H groups in total. The summed E-state index contributed by atoms with van der Waals surface area (Å²) >= 11 is 0. The average molecular weight is 369 g/mol. The first-order valence-corrected chi connectivity index (χ1v) is 8.19. The third kappa shape index (κ3) is 5.98. The van der Waals surface area contributed by atoms with Gasteiger partial charge in [0.15, 0.2) is 5.96 Å². The molecule has 0 aliphatic rings. The van der Waals surface area contributed by atoms with Crippen LogP contribution in [0.4, 0.5) is 13.2 Å². The van der Waals surface area contributed by atoms with Crippen LogP contribution >= 0.6 is 0 Å². The summed E-state index contributed by atoms with van der Waals surface area (Å²) < 4.78 is 44.1. The Labute approximate surface area is 149 Å². The van der Waals surface area contributed by atoms with E-state index in [0.717, 1.165) is 17.8 Å². The predicted octanol–water partition coefficient (Wildman–Crippen LogP) is 2.95. The molecule has 0 fully saturated rings. The molecule has 0 bridgehead atoms. The highest BCUT2D eigenvalue weighted by atomic mass is 19.4. The molecule has 0 amide bonds. The van der Waals surface area contributed by atoms with Crippen molar-refractivity contribution in [1.82, 2.24) is 20.8 Å². The first kappa shape index (κ1) is 19.6. The maximum atomic E-state index is 12.8. The zero-order chi connectivity index (χ0) is 19.0. The van der Waals surface area contributed by atoms with Gasteiger partial charge in [0.25, 0.3) is 0 Å². The molecule has 0 saturated heterocycles. The molecule has 1 aromatic heterocycles. The summed E-state index contributed by atoms with van der Waals surface area (Å²) in [4.78, 5) is 4.10. The number of hydrogen-bond acceptors (Lipinski definition) is 3. The fourth-order valence-corrected chi connectivity index (χ4v) is 2.20. The summed E-state index contributed by atoms with van der Waals surface area (Å²) in [5, 5.41) is 12.9. The van der Waals surface area contributed by atoms with E-state index in [9.17, 15) is 13.2 Å². The van der Waals surface area contributed by atoms with Crippen LogP contribution in [-0.2, 0) is 12.7 Å². The molecule has 6 nitrogen and oxygen atoms in total. The summed E-state index contributed by atoms with van der Waals surface area (Å²) in [6, 6.07) is 6.72. The van der Waals surface area contributed by atoms with Gasteiger partial charge in [0.05, 0.1) is 24.3 Å². The lowest BCUT2D eigenvalue weighted by Crippen LogP contribution is -2.42. The van der Waals surface area contributed by atoms with Crippen LogP contribution in [0.1, 0.15) is 24.6 Å². The number of halogens is 3. The van der Waals surface area contributed by atoms with Crippen LogP contribution in [0.5, 0.6) is 5.75 Å². The zero-order valence-corrected chi connectivity index (χ0v) is 14.6. The van der Waals surface area contributed by atoms with Crippen molar-refractivity contribution >= 4 is 5.96 Å². The third-order valence-electron chi connectivity index (χ3n) is 3.64. The molecule has 2 aromatic rings. The quantitative estimate of drug-likeness (QED) is 0.518. The zero-order valence-electron chi connectivity index (χ0n) is 14.6. The molecule has 9 heteroatoms. The highest BCUT2D eigenvalue weighted by Gasteiger charge is 2.30. The van der Waals surface area contributed by atoms with E-state index in [2.05, 4.69) is 25.8 Å². The highest BCUT2D eigenvalue weighted by Crippen LogP contribution is 2.31. The molecule has 0 aliphatic heterocycles. The van der Waals surface area contributed by atoms with Crippen LogP contribution in [-0.4, -0.2) is 35.9 Å². The lowest BCUT2D eigenvalue weighted by Gasteiger charge is -2.20. The van der Waals surface area contributed by atoms with E-state index in [-0.39, 0.29) is 11.9 Å². The number of benzene rings is 1. The SMILES string of the molecule is CCC(CNC(=NC)NCc1ccn[nH]1)Oc1cccc(C(F)(F)F)c1. The van der Waals surface area contributed by atoms with Crippen molar-refractivity contribution in [3.8, 4) is 5.75 Å². The molecule has 142 valence electrons. The van der Waals surface area contributed by atoms with Gasteiger partial charge in [0, 0.05) is 13.2 Å². The Bertz CT molecular complexity index is 701. The van der Waals surface area contributed by atoms with E-state index < -0.39 is 11.7 Å². The second kappa shape index (κ2) is 9.12. The number of aromatic amines is 1. The molecule has 1 heterocycles. The predicted molar refractivity (Wildman–Crippen MR) is 92.9 cm³/mol. The fourth-order valence-electron chi connectivity index (χ4n) is 2.20. The molecule has 1 aromatic carbocycles. The van der Waals surface area contributed by atoms with E-state index in [1.54, 1.807) is 13.2 Å². The summed E-state index contributed by atoms with van der Waals surface area (Å²) in [6.45, 7) is 2.82. The van der Waals surface area contributed by atoms with Gasteiger partial charge in [-0.3, -0.25) is 10.1 Å². The molecule has 0 radical (unpaired) electrons. The largest absolute Gasteiger partial charge is 0.489 e. The van der Waals surface area contributed by atoms with Crippen molar-refractivity contribution in [2.24, 2.45) is 4.99 Å². The summed E-state index contributed by atoms with van der Waals surface area (Å²) in [5.74, 6) is 0.750. The number of H-pyrrole nitrogens is 1. The number of alkyl halides is 3. The normalized spacial score (nSPS) is 13.3. The molecule has 0 spiro atoms. The van der Waals surface area contributed by atoms with Gasteiger partial charge in [0.1, 0.15) is 11.9 Å². The maximum absolute atomic E-state index is 12.8. The van der Waals surface area contributed by atoms with Gasteiger partial charge < -0.3 is 15.4 Å². The topological polar surface area (TPSA) is 74.3 Å². The van der Waals surface area contributed by atoms with Crippen LogP contribution in [0.3, 0.4) is 0 Å². The van der Waals surface area contributed by atoms with E-state index in [4.69, 9.17) is 4.74 Å². The molecular formula is C17H22F3N5O. The molecule has 0 aliphatic carbocycles. The summed E-state index contributed by atoms with van der Waals surface area (Å²) in [5.41, 5.74) is 0.176. The lowest BCUT2D eigenvalue weighted by atomic mass is 10.2. The van der Waals surface area contributed by atoms with Crippen LogP contribution in [0, 0.1) is 0 Å². The van der Waals surface area contributed by atoms with Crippen molar-refractivity contribution in [2.75, 3.05) is 13.6 Å². The molecular weight excluding hydrogens is 347 g/mol. The van der Waals surface area contributed by atoms with Gasteiger partial charge in [-0.2, -0.15) is 18.3 Å². The maximum Gasteiger partial charge on any atom is 0.416 e. The van der Waals surface area contributed by atoms with Gasteiger partial charge in [-0.1, -0.05) is 13.0 Å². The van der Waals surface area contributed by atoms with Gasteiger partial charge in [-0.25, -0.2) is 0 Å². The number of aromatic nitrogens is 2. The van der Waals surface area contributed by atoms with Gasteiger partial charge in [0.2, 0.25) is 0 Å². The average Bonchev–Trinajstić information content (AvgIpc) is 3.13. The first-order chi connectivity index (χ1) is 12.4. The van der Waals surface area contributed by atoms with Crippen molar-refractivity contribution in [2.45, 2.75) is 32.2 Å². The summed E-state index contributed by atoms with van der Waals surface area (Å²) in [6.07, 6.45) is -2.41. The summed E-state index contributed by atoms with van der Waals surface area (Å²) in [7, 11) is 1.64. The second-order valence-corrected chi connectivity index (χ2v) is 5.56. The van der Waals surface area contributed by atoms with Crippen LogP contribution in [0.25, 0.3) is 0 Å². The number of ether oxygens (including phenoxy) is 1. The van der Waals surface area contributed by atoms with Crippen LogP contribution in [0.2, 0.25) is 0 Å². The molecule has 26 heavy (non-hydrogen) atoms. The van der Waals surface area contributed by atoms with E-state index >= 15 is 0 Å². The minimum atomic E-state index is -4.39. The lowest BCUT2D eigenvalue weighted by molar-refractivity contribution is -0.137. The number of guanidine groups is 1. The molecule has 2 rings (SSSR count). The van der Waals surface area contributed by atoms with Crippen molar-refractivity contribution < 1.29 is 17.9 Å². The Morgan fingerprint density at radius 3 is 2.73 bits per heavy atom. The minimum absolute atomic E-state index is 0.189. The van der Waals surface area contributed by atoms with E-state index in [1.807, 2.05) is 13.0 Å². The van der Waals surface area contributed by atoms with Gasteiger partial charge in [-0.05, 0) is 30.7 Å². The first-order valence-electron chi connectivity index (χ1n) is 8.19. The van der Waals surface area contributed by atoms with Gasteiger partial charge >= 0.3 is 6.18 Å². The standard InChI is InChI=1S/C17H22F3N5O/c1-3-14(26-15-6-4-5-12(9-15)17(18,19)20)11-23-16(21-2)22-10-13-7-8-24-25-13/h4-9,14H,3,10-11H2,1-2H3,(H,24,25)(H2,21,22,23). The van der Waals surface area contributed by atoms with Crippen molar-refractivity contribution in [3.63, 3.8) is 0 Å². The smallest absolute Gasteiger partial charge is 0.416 e. The third-order valence-corrected chi connectivity index (χ3v) is 3.64. The number of nitrogens with zero attached hydrogens (tertiary/aromatic N) is 2. The number of rotatable bonds is 7. The fraction of sp³-hybridized carbons (Fsp3) is 0.412. The molecule has 0 saturated carbocycles. The van der Waals surface area contributed by atoms with Crippen molar-refractivity contribution in [3.05, 3.63) is 47.8 Å². The Morgan fingerprint density at radius 2 is 2.12 bits per heavy atom. The van der Waals surface area contributed by atoms with E-state index in [1.165, 1.54) is 12.1 Å². The molecule has 1 atom stereocenters. The van der Waals surface area contributed by atoms with Gasteiger partial charge in [-0.15, -0.1) is 0 Å². The molecule has 1 unspecified atom stereocenters. The monoisotopic (exact) mass is 369 g/mol. The number of hydrogen-bond donors (Lipinski definition) is 3. The Kier molecular flexibility index (Phi) is 6.88.